The van der Waals surface area contributed by atoms with Crippen molar-refractivity contribution in [1.29, 1.82) is 0 Å². The van der Waals surface area contributed by atoms with Gasteiger partial charge < -0.3 is 5.32 Å². The van der Waals surface area contributed by atoms with Crippen LogP contribution in [0.1, 0.15) is 0 Å². The highest BCUT2D eigenvalue weighted by Crippen LogP contribution is 2.41. The van der Waals surface area contributed by atoms with Crippen molar-refractivity contribution in [2.45, 2.75) is 10.4 Å². The number of fused-ring (bicyclic) bond motifs is 1. The van der Waals surface area contributed by atoms with Crippen LogP contribution in [0.3, 0.4) is 0 Å². The monoisotopic (exact) mass is 332 g/mol. The summed E-state index contributed by atoms with van der Waals surface area (Å²) in [4.78, 5) is 5.33. The summed E-state index contributed by atoms with van der Waals surface area (Å²) in [5, 5.41) is 14.6. The van der Waals surface area contributed by atoms with E-state index in [1.165, 1.54) is 0 Å². The molecule has 0 saturated heterocycles. The molecule has 0 aliphatic carbocycles. The minimum atomic E-state index is 0.135. The van der Waals surface area contributed by atoms with Crippen LogP contribution in [0.5, 0.6) is 0 Å². The summed E-state index contributed by atoms with van der Waals surface area (Å²) in [5.74, 6) is 1.73. The Bertz CT molecular complexity index is 826. The Kier molecular flexibility index (Phi) is 3.33. The molecule has 0 fully saturated rings. The van der Waals surface area contributed by atoms with Gasteiger partial charge in [0.25, 0.3) is 0 Å². The van der Waals surface area contributed by atoms with Gasteiger partial charge >= 0.3 is 0 Å². The molecule has 112 valence electrons. The second-order valence-electron chi connectivity index (χ2n) is 4.81. The van der Waals surface area contributed by atoms with Crippen molar-refractivity contribution >= 4 is 29.2 Å². The number of hydrogen-bond donors (Lipinski definition) is 3. The van der Waals surface area contributed by atoms with E-state index in [9.17, 15) is 0 Å². The van der Waals surface area contributed by atoms with Crippen molar-refractivity contribution in [3.63, 3.8) is 0 Å². The largest absolute Gasteiger partial charge is 0.345 e. The number of hydrogen-bond acceptors (Lipinski definition) is 5. The van der Waals surface area contributed by atoms with E-state index in [1.807, 2.05) is 35.9 Å². The van der Waals surface area contributed by atoms with Crippen LogP contribution in [0.25, 0.3) is 17.1 Å². The van der Waals surface area contributed by atoms with Crippen molar-refractivity contribution in [2.24, 2.45) is 0 Å². The molecule has 1 atom stereocenters. The van der Waals surface area contributed by atoms with Crippen molar-refractivity contribution in [3.05, 3.63) is 41.8 Å². The summed E-state index contributed by atoms with van der Waals surface area (Å²) in [6.07, 6.45) is 3.55. The maximum atomic E-state index is 6.32. The van der Waals surface area contributed by atoms with E-state index >= 15 is 0 Å². The van der Waals surface area contributed by atoms with Crippen LogP contribution in [0, 0.1) is 0 Å². The Morgan fingerprint density at radius 1 is 1.36 bits per heavy atom. The van der Waals surface area contributed by atoms with E-state index in [-0.39, 0.29) is 5.50 Å². The fraction of sp³-hybridized carbons (Fsp3) is 0.143. The Morgan fingerprint density at radius 2 is 2.23 bits per heavy atom. The number of anilines is 1. The predicted octanol–water partition coefficient (Wildman–Crippen LogP) is 2.94. The number of aromatic amines is 1. The van der Waals surface area contributed by atoms with Gasteiger partial charge in [0.15, 0.2) is 5.82 Å². The second-order valence-corrected chi connectivity index (χ2v) is 6.33. The molecule has 0 bridgehead atoms. The number of nitrogens with zero attached hydrogens (tertiary/aromatic N) is 3. The van der Waals surface area contributed by atoms with Gasteiger partial charge in [-0.3, -0.25) is 15.0 Å². The standard InChI is InChI=1S/C14H13ClN6S/c1-16-14-18-12-11(22-14)13(20-19-12)21-7-17-6-10(21)8-4-2-3-5-9(8)15/h2-7,14,16H,1H3,(H2,18,19,20). The molecule has 3 heterocycles. The van der Waals surface area contributed by atoms with Gasteiger partial charge in [-0.2, -0.15) is 5.10 Å². The summed E-state index contributed by atoms with van der Waals surface area (Å²) in [7, 11) is 1.91. The fourth-order valence-electron chi connectivity index (χ4n) is 2.44. The SMILES string of the molecule is CNC1Nc2[nH]nc(-n3cncc3-c3ccccc3Cl)c2S1. The van der Waals surface area contributed by atoms with Gasteiger partial charge in [-0.15, -0.1) is 0 Å². The summed E-state index contributed by atoms with van der Waals surface area (Å²) < 4.78 is 1.95. The Balaban J connectivity index is 1.81. The third kappa shape index (κ3) is 2.09. The Labute approximate surface area is 136 Å². The van der Waals surface area contributed by atoms with Gasteiger partial charge in [0.1, 0.15) is 17.6 Å². The van der Waals surface area contributed by atoms with Crippen LogP contribution in [0.4, 0.5) is 5.82 Å². The molecule has 8 heteroatoms. The van der Waals surface area contributed by atoms with E-state index in [0.29, 0.717) is 5.02 Å². The number of rotatable bonds is 3. The molecule has 1 aliphatic heterocycles. The summed E-state index contributed by atoms with van der Waals surface area (Å²) in [6, 6.07) is 7.72. The lowest BCUT2D eigenvalue weighted by Crippen LogP contribution is -2.26. The molecular weight excluding hydrogens is 320 g/mol. The van der Waals surface area contributed by atoms with Crippen LogP contribution in [-0.2, 0) is 0 Å². The average molecular weight is 333 g/mol. The molecular formula is C14H13ClN6S. The zero-order valence-electron chi connectivity index (χ0n) is 11.7. The normalized spacial score (nSPS) is 16.5. The molecule has 0 spiro atoms. The van der Waals surface area contributed by atoms with Crippen LogP contribution in [0.2, 0.25) is 5.02 Å². The summed E-state index contributed by atoms with van der Waals surface area (Å²) in [5.41, 5.74) is 1.98. The molecule has 0 radical (unpaired) electrons. The number of imidazole rings is 1. The highest BCUT2D eigenvalue weighted by atomic mass is 35.5. The number of nitrogens with one attached hydrogen (secondary N) is 3. The molecule has 6 nitrogen and oxygen atoms in total. The third-order valence-corrected chi connectivity index (χ3v) is 5.03. The minimum absolute atomic E-state index is 0.135. The smallest absolute Gasteiger partial charge is 0.176 e. The van der Waals surface area contributed by atoms with Gasteiger partial charge in [-0.05, 0) is 13.1 Å². The molecule has 22 heavy (non-hydrogen) atoms. The molecule has 1 aliphatic rings. The first-order valence-electron chi connectivity index (χ1n) is 6.74. The molecule has 3 N–H and O–H groups in total. The Morgan fingerprint density at radius 3 is 3.05 bits per heavy atom. The van der Waals surface area contributed by atoms with Gasteiger partial charge in [-0.25, -0.2) is 4.98 Å². The van der Waals surface area contributed by atoms with Crippen LogP contribution in [-0.4, -0.2) is 32.3 Å². The topological polar surface area (TPSA) is 70.6 Å². The van der Waals surface area contributed by atoms with Crippen molar-refractivity contribution < 1.29 is 0 Å². The second kappa shape index (κ2) is 5.35. The van der Waals surface area contributed by atoms with E-state index in [1.54, 1.807) is 24.3 Å². The van der Waals surface area contributed by atoms with Gasteiger partial charge in [0.05, 0.1) is 16.8 Å². The molecule has 0 saturated carbocycles. The first-order valence-corrected chi connectivity index (χ1v) is 8.00. The van der Waals surface area contributed by atoms with Gasteiger partial charge in [0, 0.05) is 10.6 Å². The number of halogens is 1. The molecule has 4 rings (SSSR count). The Hall–Kier alpha value is -1.96. The third-order valence-electron chi connectivity index (χ3n) is 3.49. The molecule has 1 aromatic carbocycles. The van der Waals surface area contributed by atoms with Crippen molar-refractivity contribution in [2.75, 3.05) is 12.4 Å². The fourth-order valence-corrected chi connectivity index (χ4v) is 3.67. The zero-order chi connectivity index (χ0) is 15.1. The molecule has 1 unspecified atom stereocenters. The molecule has 2 aromatic heterocycles. The number of H-pyrrole nitrogens is 1. The number of thioether (sulfide) groups is 1. The van der Waals surface area contributed by atoms with Crippen LogP contribution in [0.15, 0.2) is 41.7 Å². The average Bonchev–Trinajstić information content (AvgIpc) is 3.21. The maximum absolute atomic E-state index is 6.32. The van der Waals surface area contributed by atoms with E-state index < -0.39 is 0 Å². The summed E-state index contributed by atoms with van der Waals surface area (Å²) in [6.45, 7) is 0. The maximum Gasteiger partial charge on any atom is 0.176 e. The van der Waals surface area contributed by atoms with Crippen molar-refractivity contribution in [1.82, 2.24) is 25.1 Å². The quantitative estimate of drug-likeness (QED) is 0.688. The first-order chi connectivity index (χ1) is 10.8. The number of aromatic nitrogens is 4. The van der Waals surface area contributed by atoms with Crippen LogP contribution >= 0.6 is 23.4 Å². The lowest BCUT2D eigenvalue weighted by atomic mass is 10.1. The molecule has 3 aromatic rings. The van der Waals surface area contributed by atoms with E-state index in [0.717, 1.165) is 27.8 Å². The van der Waals surface area contributed by atoms with Crippen LogP contribution < -0.4 is 10.6 Å². The zero-order valence-corrected chi connectivity index (χ0v) is 13.2. The van der Waals surface area contributed by atoms with Gasteiger partial charge in [-0.1, -0.05) is 41.6 Å². The van der Waals surface area contributed by atoms with E-state index in [2.05, 4.69) is 25.8 Å². The number of benzene rings is 1. The minimum Gasteiger partial charge on any atom is -0.345 e. The van der Waals surface area contributed by atoms with Crippen molar-refractivity contribution in [3.8, 4) is 17.1 Å². The highest BCUT2D eigenvalue weighted by Gasteiger charge is 2.27. The predicted molar refractivity (Wildman–Crippen MR) is 88.5 cm³/mol. The first kappa shape index (κ1) is 13.7. The highest BCUT2D eigenvalue weighted by molar-refractivity contribution is 8.00. The van der Waals surface area contributed by atoms with E-state index in [4.69, 9.17) is 11.6 Å². The lowest BCUT2D eigenvalue weighted by molar-refractivity contribution is 0.819. The van der Waals surface area contributed by atoms with Gasteiger partial charge in [0.2, 0.25) is 0 Å². The summed E-state index contributed by atoms with van der Waals surface area (Å²) >= 11 is 7.99. The molecule has 0 amide bonds. The lowest BCUT2D eigenvalue weighted by Gasteiger charge is -2.09.